The Bertz CT molecular complexity index is 319. The van der Waals surface area contributed by atoms with Crippen LogP contribution in [0.25, 0.3) is 0 Å². The van der Waals surface area contributed by atoms with E-state index in [1.54, 1.807) is 0 Å². The summed E-state index contributed by atoms with van der Waals surface area (Å²) in [5.74, 6) is -1.35. The molecule has 1 rings (SSSR count). The van der Waals surface area contributed by atoms with Gasteiger partial charge in [-0.05, 0) is 0 Å². The van der Waals surface area contributed by atoms with Gasteiger partial charge in [0.05, 0.1) is 12.1 Å². The highest BCUT2D eigenvalue weighted by atomic mass is 35.5. The summed E-state index contributed by atoms with van der Waals surface area (Å²) >= 11 is 5.44. The van der Waals surface area contributed by atoms with E-state index in [-0.39, 0.29) is 10.8 Å². The minimum absolute atomic E-state index is 0.217. The van der Waals surface area contributed by atoms with E-state index in [1.807, 2.05) is 0 Å². The molecule has 1 aromatic rings. The molecule has 0 aromatic carbocycles. The third-order valence-electron chi connectivity index (χ3n) is 1.33. The molecule has 0 atom stereocenters. The largest absolute Gasteiger partial charge is 0.493 e. The van der Waals surface area contributed by atoms with Crippen molar-refractivity contribution >= 4 is 11.6 Å². The zero-order valence-corrected chi connectivity index (χ0v) is 7.28. The van der Waals surface area contributed by atoms with Gasteiger partial charge >= 0.3 is 0 Å². The van der Waals surface area contributed by atoms with Crippen LogP contribution in [0.1, 0.15) is 12.1 Å². The molecular weight excluding hydrogens is 207 g/mol. The lowest BCUT2D eigenvalue weighted by Crippen LogP contribution is -1.99. The van der Waals surface area contributed by atoms with E-state index in [9.17, 15) is 13.2 Å². The maximum absolute atomic E-state index is 12.5. The van der Waals surface area contributed by atoms with Crippen LogP contribution in [0.4, 0.5) is 13.2 Å². The molecule has 13 heavy (non-hydrogen) atoms. The van der Waals surface area contributed by atoms with E-state index in [2.05, 4.69) is 9.72 Å². The summed E-state index contributed by atoms with van der Waals surface area (Å²) in [6, 6.07) is 0.812. The van der Waals surface area contributed by atoms with Crippen molar-refractivity contribution in [1.29, 1.82) is 0 Å². The highest BCUT2D eigenvalue weighted by Crippen LogP contribution is 2.33. The summed E-state index contributed by atoms with van der Waals surface area (Å²) in [4.78, 5) is 2.98. The molecule has 0 unspecified atom stereocenters. The molecule has 0 saturated heterocycles. The smallest absolute Gasteiger partial charge is 0.284 e. The van der Waals surface area contributed by atoms with Crippen molar-refractivity contribution in [3.05, 3.63) is 22.7 Å². The Morgan fingerprint density at radius 3 is 2.62 bits per heavy atom. The van der Waals surface area contributed by atoms with Crippen LogP contribution in [0.15, 0.2) is 6.07 Å². The van der Waals surface area contributed by atoms with E-state index >= 15 is 0 Å². The summed E-state index contributed by atoms with van der Waals surface area (Å²) in [5.41, 5.74) is -0.785. The van der Waals surface area contributed by atoms with Crippen LogP contribution in [-0.4, -0.2) is 12.1 Å². The molecule has 0 fully saturated rings. The molecule has 0 aliphatic heterocycles. The third kappa shape index (κ3) is 2.03. The SMILES string of the molecule is COc1c(Cl)cc(F)nc1C(F)F. The molecule has 0 aliphatic rings. The minimum atomic E-state index is -2.91. The second-order valence-electron chi connectivity index (χ2n) is 2.15. The highest BCUT2D eigenvalue weighted by Gasteiger charge is 2.19. The maximum Gasteiger partial charge on any atom is 0.284 e. The quantitative estimate of drug-likeness (QED) is 0.702. The Hall–Kier alpha value is -0.970. The Balaban J connectivity index is 3.29. The fourth-order valence-corrected chi connectivity index (χ4v) is 1.10. The van der Waals surface area contributed by atoms with Crippen LogP contribution in [0, 0.1) is 5.95 Å². The van der Waals surface area contributed by atoms with Gasteiger partial charge in [0.1, 0.15) is 0 Å². The molecule has 0 spiro atoms. The van der Waals surface area contributed by atoms with E-state index in [4.69, 9.17) is 11.6 Å². The second kappa shape index (κ2) is 3.83. The van der Waals surface area contributed by atoms with Crippen LogP contribution < -0.4 is 4.74 Å². The third-order valence-corrected chi connectivity index (χ3v) is 1.61. The monoisotopic (exact) mass is 211 g/mol. The molecule has 0 bridgehead atoms. The Kier molecular flexibility index (Phi) is 2.98. The Morgan fingerprint density at radius 2 is 2.15 bits per heavy atom. The van der Waals surface area contributed by atoms with E-state index < -0.39 is 18.1 Å². The van der Waals surface area contributed by atoms with Gasteiger partial charge in [-0.1, -0.05) is 11.6 Å². The summed E-state index contributed by atoms with van der Waals surface area (Å²) in [6.45, 7) is 0. The molecular formula is C7H5ClF3NO. The number of rotatable bonds is 2. The fraction of sp³-hybridized carbons (Fsp3) is 0.286. The van der Waals surface area contributed by atoms with Gasteiger partial charge in [0.15, 0.2) is 11.4 Å². The molecule has 0 aliphatic carbocycles. The van der Waals surface area contributed by atoms with Gasteiger partial charge < -0.3 is 4.74 Å². The van der Waals surface area contributed by atoms with Crippen molar-refractivity contribution in [2.24, 2.45) is 0 Å². The molecule has 0 radical (unpaired) electrons. The molecule has 2 nitrogen and oxygen atoms in total. The van der Waals surface area contributed by atoms with E-state index in [0.717, 1.165) is 13.2 Å². The average molecular weight is 212 g/mol. The van der Waals surface area contributed by atoms with Crippen LogP contribution in [0.5, 0.6) is 5.75 Å². The number of hydrogen-bond donors (Lipinski definition) is 0. The first-order valence-corrected chi connectivity index (χ1v) is 3.62. The van der Waals surface area contributed by atoms with Gasteiger partial charge in [-0.15, -0.1) is 0 Å². The van der Waals surface area contributed by atoms with Gasteiger partial charge in [0, 0.05) is 6.07 Å². The van der Waals surface area contributed by atoms with Crippen LogP contribution >= 0.6 is 11.6 Å². The Morgan fingerprint density at radius 1 is 1.54 bits per heavy atom. The number of alkyl halides is 2. The van der Waals surface area contributed by atoms with Gasteiger partial charge in [-0.2, -0.15) is 4.39 Å². The number of aromatic nitrogens is 1. The molecule has 72 valence electrons. The van der Waals surface area contributed by atoms with E-state index in [1.165, 1.54) is 0 Å². The van der Waals surface area contributed by atoms with Crippen molar-refractivity contribution in [2.45, 2.75) is 6.43 Å². The van der Waals surface area contributed by atoms with Gasteiger partial charge in [-0.3, -0.25) is 0 Å². The van der Waals surface area contributed by atoms with Crippen LogP contribution in [-0.2, 0) is 0 Å². The number of nitrogens with zero attached hydrogens (tertiary/aromatic N) is 1. The summed E-state index contributed by atoms with van der Waals surface area (Å²) in [7, 11) is 1.16. The van der Waals surface area contributed by atoms with Crippen molar-refractivity contribution in [1.82, 2.24) is 4.98 Å². The lowest BCUT2D eigenvalue weighted by Gasteiger charge is -2.07. The van der Waals surface area contributed by atoms with Crippen LogP contribution in [0.3, 0.4) is 0 Å². The number of ether oxygens (including phenoxy) is 1. The normalized spacial score (nSPS) is 10.6. The van der Waals surface area contributed by atoms with E-state index in [0.29, 0.717) is 0 Å². The maximum atomic E-state index is 12.5. The number of pyridine rings is 1. The first-order chi connectivity index (χ1) is 6.06. The standard InChI is InChI=1S/C7H5ClF3NO/c1-13-6-3(8)2-4(9)12-5(6)7(10)11/h2,7H,1H3. The zero-order valence-electron chi connectivity index (χ0n) is 6.52. The average Bonchev–Trinajstić information content (AvgIpc) is 2.02. The second-order valence-corrected chi connectivity index (χ2v) is 2.55. The molecule has 0 saturated carbocycles. The van der Waals surface area contributed by atoms with Crippen molar-refractivity contribution < 1.29 is 17.9 Å². The summed E-state index contributed by atoms with van der Waals surface area (Å²) in [6.07, 6.45) is -2.91. The van der Waals surface area contributed by atoms with Gasteiger partial charge in [0.25, 0.3) is 6.43 Å². The van der Waals surface area contributed by atoms with Crippen molar-refractivity contribution in [3.63, 3.8) is 0 Å². The summed E-state index contributed by atoms with van der Waals surface area (Å²) < 4.78 is 41.5. The predicted octanol–water partition coefficient (Wildman–Crippen LogP) is 2.82. The Labute approximate surface area is 77.3 Å². The number of hydrogen-bond acceptors (Lipinski definition) is 2. The number of halogens is 4. The molecule has 6 heteroatoms. The minimum Gasteiger partial charge on any atom is -0.493 e. The summed E-state index contributed by atoms with van der Waals surface area (Å²) in [5, 5.41) is -0.217. The highest BCUT2D eigenvalue weighted by molar-refractivity contribution is 6.32. The van der Waals surface area contributed by atoms with Gasteiger partial charge in [-0.25, -0.2) is 13.8 Å². The topological polar surface area (TPSA) is 22.1 Å². The lowest BCUT2D eigenvalue weighted by molar-refractivity contribution is 0.140. The van der Waals surface area contributed by atoms with Crippen LogP contribution in [0.2, 0.25) is 5.02 Å². The van der Waals surface area contributed by atoms with Crippen molar-refractivity contribution in [2.75, 3.05) is 7.11 Å². The number of methoxy groups -OCH3 is 1. The predicted molar refractivity (Wildman–Crippen MR) is 40.7 cm³/mol. The van der Waals surface area contributed by atoms with Gasteiger partial charge in [0.2, 0.25) is 5.95 Å². The molecule has 1 aromatic heterocycles. The first-order valence-electron chi connectivity index (χ1n) is 3.24. The molecule has 1 heterocycles. The molecule has 0 amide bonds. The zero-order chi connectivity index (χ0) is 10.0. The lowest BCUT2D eigenvalue weighted by atomic mass is 10.3. The van der Waals surface area contributed by atoms with Crippen molar-refractivity contribution in [3.8, 4) is 5.75 Å². The fourth-order valence-electron chi connectivity index (χ4n) is 0.841. The first kappa shape index (κ1) is 10.1. The molecule has 0 N–H and O–H groups in total.